The number of aromatic nitrogens is 4. The number of aryl methyl sites for hydroxylation is 1. The fourth-order valence-corrected chi connectivity index (χ4v) is 3.43. The highest BCUT2D eigenvalue weighted by Crippen LogP contribution is 2.37. The molecule has 1 N–H and O–H groups in total. The van der Waals surface area contributed by atoms with Gasteiger partial charge in [-0.15, -0.1) is 0 Å². The van der Waals surface area contributed by atoms with Gasteiger partial charge in [-0.2, -0.15) is 23.5 Å². The Kier molecular flexibility index (Phi) is 6.05. The van der Waals surface area contributed by atoms with Gasteiger partial charge in [-0.3, -0.25) is 9.36 Å². The molecule has 0 fully saturated rings. The van der Waals surface area contributed by atoms with Crippen molar-refractivity contribution in [2.45, 2.75) is 19.6 Å². The van der Waals surface area contributed by atoms with Gasteiger partial charge in [0, 0.05) is 13.2 Å². The number of alkyl halides is 3. The van der Waals surface area contributed by atoms with E-state index in [1.165, 1.54) is 19.2 Å². The zero-order chi connectivity index (χ0) is 25.3. The highest BCUT2D eigenvalue weighted by atomic mass is 19.4. The van der Waals surface area contributed by atoms with Gasteiger partial charge >= 0.3 is 11.9 Å². The maximum atomic E-state index is 13.7. The van der Waals surface area contributed by atoms with Gasteiger partial charge in [0.2, 0.25) is 5.75 Å². The lowest BCUT2D eigenvalue weighted by molar-refractivity contribution is -0.138. The van der Waals surface area contributed by atoms with E-state index >= 15 is 0 Å². The number of aromatic amines is 1. The molecule has 0 radical (unpaired) electrons. The van der Waals surface area contributed by atoms with Crippen LogP contribution in [-0.2, 0) is 19.8 Å². The molecule has 0 aliphatic heterocycles. The molecule has 2 heterocycles. The molecule has 8 nitrogen and oxygen atoms in total. The number of pyridine rings is 1. The summed E-state index contributed by atoms with van der Waals surface area (Å²) in [6, 6.07) is 14.3. The minimum atomic E-state index is -4.88. The maximum Gasteiger partial charge on any atom is 0.420 e. The van der Waals surface area contributed by atoms with E-state index in [0.717, 1.165) is 32.5 Å². The largest absolute Gasteiger partial charge is 0.451 e. The second-order valence-electron chi connectivity index (χ2n) is 7.82. The molecule has 0 saturated heterocycles. The average molecular weight is 481 g/mol. The molecule has 0 aliphatic rings. The SMILES string of the molecule is Cc1ccc(-c2cc(C#N)cc(Oc3c(C(F)(F)F)ccn(Cc4n[nH]c(=O)n4C)c3=O)c2)cc1. The molecule has 35 heavy (non-hydrogen) atoms. The third-order valence-corrected chi connectivity index (χ3v) is 5.35. The van der Waals surface area contributed by atoms with Crippen molar-refractivity contribution in [1.82, 2.24) is 19.3 Å². The van der Waals surface area contributed by atoms with Crippen molar-refractivity contribution >= 4 is 0 Å². The molecular weight excluding hydrogens is 463 g/mol. The van der Waals surface area contributed by atoms with Crippen LogP contribution in [0.15, 0.2) is 64.3 Å². The summed E-state index contributed by atoms with van der Waals surface area (Å²) in [5.41, 5.74) is -0.462. The van der Waals surface area contributed by atoms with Crippen LogP contribution in [0.5, 0.6) is 11.5 Å². The van der Waals surface area contributed by atoms with E-state index in [4.69, 9.17) is 4.74 Å². The van der Waals surface area contributed by atoms with Gasteiger partial charge in [0.1, 0.15) is 11.3 Å². The summed E-state index contributed by atoms with van der Waals surface area (Å²) in [4.78, 5) is 24.7. The topological polar surface area (TPSA) is 106 Å². The first kappa shape index (κ1) is 23.6. The molecule has 2 aromatic heterocycles. The summed E-state index contributed by atoms with van der Waals surface area (Å²) in [6.07, 6.45) is -3.92. The van der Waals surface area contributed by atoms with Crippen LogP contribution in [0.4, 0.5) is 13.2 Å². The number of H-pyrrole nitrogens is 1. The maximum absolute atomic E-state index is 13.7. The van der Waals surface area contributed by atoms with Crippen LogP contribution in [-0.4, -0.2) is 19.3 Å². The van der Waals surface area contributed by atoms with Crippen molar-refractivity contribution < 1.29 is 17.9 Å². The fourth-order valence-electron chi connectivity index (χ4n) is 3.43. The third kappa shape index (κ3) is 4.86. The Morgan fingerprint density at radius 3 is 2.40 bits per heavy atom. The Morgan fingerprint density at radius 2 is 1.80 bits per heavy atom. The number of halogens is 3. The summed E-state index contributed by atoms with van der Waals surface area (Å²) < 4.78 is 48.8. The minimum absolute atomic E-state index is 0.104. The molecule has 0 spiro atoms. The van der Waals surface area contributed by atoms with Gasteiger partial charge in [-0.25, -0.2) is 9.89 Å². The van der Waals surface area contributed by atoms with Crippen LogP contribution in [0.25, 0.3) is 11.1 Å². The van der Waals surface area contributed by atoms with E-state index < -0.39 is 28.7 Å². The van der Waals surface area contributed by atoms with Crippen LogP contribution >= 0.6 is 0 Å². The van der Waals surface area contributed by atoms with Gasteiger partial charge < -0.3 is 9.30 Å². The van der Waals surface area contributed by atoms with E-state index in [1.807, 2.05) is 25.1 Å². The number of nitriles is 1. The van der Waals surface area contributed by atoms with Crippen molar-refractivity contribution in [3.63, 3.8) is 0 Å². The highest BCUT2D eigenvalue weighted by Gasteiger charge is 2.36. The van der Waals surface area contributed by atoms with Crippen molar-refractivity contribution in [2.24, 2.45) is 7.05 Å². The number of hydrogen-bond donors (Lipinski definition) is 1. The van der Waals surface area contributed by atoms with Crippen molar-refractivity contribution in [1.29, 1.82) is 5.26 Å². The molecule has 11 heteroatoms. The molecule has 4 rings (SSSR count). The summed E-state index contributed by atoms with van der Waals surface area (Å²) in [5, 5.41) is 15.4. The first-order valence-electron chi connectivity index (χ1n) is 10.3. The quantitative estimate of drug-likeness (QED) is 0.464. The Labute approximate surface area is 196 Å². The van der Waals surface area contributed by atoms with Crippen LogP contribution in [0.3, 0.4) is 0 Å². The smallest absolute Gasteiger partial charge is 0.420 e. The Balaban J connectivity index is 1.81. The summed E-state index contributed by atoms with van der Waals surface area (Å²) >= 11 is 0. The average Bonchev–Trinajstić information content (AvgIpc) is 3.13. The Bertz CT molecular complexity index is 1560. The zero-order valence-electron chi connectivity index (χ0n) is 18.6. The van der Waals surface area contributed by atoms with Gasteiger partial charge in [0.05, 0.1) is 18.2 Å². The first-order valence-corrected chi connectivity index (χ1v) is 10.3. The molecule has 0 aliphatic carbocycles. The monoisotopic (exact) mass is 481 g/mol. The van der Waals surface area contributed by atoms with Gasteiger partial charge in [-0.05, 0) is 42.3 Å². The molecule has 0 amide bonds. The van der Waals surface area contributed by atoms with E-state index in [-0.39, 0.29) is 23.7 Å². The normalized spacial score (nSPS) is 11.3. The van der Waals surface area contributed by atoms with Crippen LogP contribution in [0.2, 0.25) is 0 Å². The standard InChI is InChI=1S/C24H18F3N5O3/c1-14-3-5-16(6-4-14)17-9-15(12-28)10-18(11-17)35-21-19(24(25,26)27)7-8-32(22(21)33)13-20-29-30-23(34)31(20)2/h3-11H,13H2,1-2H3,(H,30,34). The molecule has 0 saturated carbocycles. The number of benzene rings is 2. The van der Waals surface area contributed by atoms with Gasteiger partial charge in [-0.1, -0.05) is 29.8 Å². The zero-order valence-corrected chi connectivity index (χ0v) is 18.6. The molecule has 178 valence electrons. The molecule has 4 aromatic rings. The second-order valence-corrected chi connectivity index (χ2v) is 7.82. The Hall–Kier alpha value is -4.59. The summed E-state index contributed by atoms with van der Waals surface area (Å²) in [6.45, 7) is 1.64. The second kappa shape index (κ2) is 8.98. The van der Waals surface area contributed by atoms with Crippen LogP contribution in [0, 0.1) is 18.3 Å². The molecular formula is C24H18F3N5O3. The van der Waals surface area contributed by atoms with E-state index in [2.05, 4.69) is 10.2 Å². The van der Waals surface area contributed by atoms with Crippen molar-refractivity contribution in [2.75, 3.05) is 0 Å². The fraction of sp³-hybridized carbons (Fsp3) is 0.167. The number of ether oxygens (including phenoxy) is 1. The Morgan fingerprint density at radius 1 is 1.09 bits per heavy atom. The lowest BCUT2D eigenvalue weighted by Crippen LogP contribution is -2.26. The number of rotatable bonds is 5. The third-order valence-electron chi connectivity index (χ3n) is 5.35. The number of nitrogens with zero attached hydrogens (tertiary/aromatic N) is 4. The van der Waals surface area contributed by atoms with Crippen molar-refractivity contribution in [3.8, 4) is 28.7 Å². The van der Waals surface area contributed by atoms with E-state index in [1.54, 1.807) is 18.2 Å². The van der Waals surface area contributed by atoms with Crippen molar-refractivity contribution in [3.05, 3.63) is 98.1 Å². The number of nitrogens with one attached hydrogen (secondary N) is 1. The molecule has 0 bridgehead atoms. The molecule has 0 atom stereocenters. The lowest BCUT2D eigenvalue weighted by atomic mass is 10.0. The molecule has 0 unspecified atom stereocenters. The predicted molar refractivity (Wildman–Crippen MR) is 120 cm³/mol. The predicted octanol–water partition coefficient (Wildman–Crippen LogP) is 3.98. The first-order chi connectivity index (χ1) is 16.6. The summed E-state index contributed by atoms with van der Waals surface area (Å²) in [5.74, 6) is -0.923. The van der Waals surface area contributed by atoms with Crippen LogP contribution < -0.4 is 16.0 Å². The number of hydrogen-bond acceptors (Lipinski definition) is 5. The lowest BCUT2D eigenvalue weighted by Gasteiger charge is -2.16. The van der Waals surface area contributed by atoms with E-state index in [0.29, 0.717) is 5.56 Å². The minimum Gasteiger partial charge on any atom is -0.451 e. The highest BCUT2D eigenvalue weighted by molar-refractivity contribution is 5.68. The summed E-state index contributed by atoms with van der Waals surface area (Å²) in [7, 11) is 1.41. The van der Waals surface area contributed by atoms with Crippen LogP contribution in [0.1, 0.15) is 22.5 Å². The van der Waals surface area contributed by atoms with Gasteiger partial charge in [0.25, 0.3) is 5.56 Å². The van der Waals surface area contributed by atoms with E-state index in [9.17, 15) is 28.0 Å². The van der Waals surface area contributed by atoms with Gasteiger partial charge in [0.15, 0.2) is 5.82 Å². The molecule has 2 aromatic carbocycles.